The number of rotatable bonds is 6. The molecular weight excluding hydrogens is 352 g/mol. The van der Waals surface area contributed by atoms with Gasteiger partial charge in [-0.2, -0.15) is 0 Å². The van der Waals surface area contributed by atoms with Crippen LogP contribution in [0.5, 0.6) is 11.5 Å². The molecule has 1 fully saturated rings. The molecule has 0 bridgehead atoms. The first kappa shape index (κ1) is 18.0. The smallest absolute Gasteiger partial charge is 0.138 e. The maximum atomic E-state index is 5.56. The Morgan fingerprint density at radius 2 is 1.76 bits per heavy atom. The van der Waals surface area contributed by atoms with Crippen LogP contribution in [0.1, 0.15) is 11.1 Å². The molecule has 0 saturated carbocycles. The third-order valence-electron chi connectivity index (χ3n) is 4.12. The van der Waals surface area contributed by atoms with Crippen LogP contribution in [0, 0.1) is 0 Å². The van der Waals surface area contributed by atoms with E-state index in [9.17, 15) is 0 Å². The Balaban J connectivity index is 1.65. The molecule has 132 valence electrons. The third kappa shape index (κ3) is 4.66. The summed E-state index contributed by atoms with van der Waals surface area (Å²) < 4.78 is 11.6. The average molecular weight is 375 g/mol. The van der Waals surface area contributed by atoms with Gasteiger partial charge in [-0.05, 0) is 23.8 Å². The van der Waals surface area contributed by atoms with E-state index >= 15 is 0 Å². The fourth-order valence-electron chi connectivity index (χ4n) is 2.82. The van der Waals surface area contributed by atoms with Gasteiger partial charge in [-0.15, -0.1) is 0 Å². The minimum absolute atomic E-state index is 0.759. The van der Waals surface area contributed by atoms with Crippen molar-refractivity contribution in [1.82, 2.24) is 9.80 Å². The maximum absolute atomic E-state index is 5.56. The molecule has 0 unspecified atom stereocenters. The van der Waals surface area contributed by atoms with Gasteiger partial charge in [0.05, 0.1) is 26.8 Å². The SMILES string of the molecule is COc1ccc(CN2CSC(=S)N(Cc3ccccc3OC)C2)cc1. The van der Waals surface area contributed by atoms with Gasteiger partial charge in [0.15, 0.2) is 0 Å². The lowest BCUT2D eigenvalue weighted by molar-refractivity contribution is 0.199. The maximum Gasteiger partial charge on any atom is 0.138 e. The molecule has 2 aromatic carbocycles. The normalized spacial score (nSPS) is 15.3. The van der Waals surface area contributed by atoms with Crippen molar-refractivity contribution in [1.29, 1.82) is 0 Å². The summed E-state index contributed by atoms with van der Waals surface area (Å²) in [6, 6.07) is 16.3. The van der Waals surface area contributed by atoms with Crippen molar-refractivity contribution in [3.05, 3.63) is 59.7 Å². The Bertz CT molecular complexity index is 722. The van der Waals surface area contributed by atoms with Gasteiger partial charge in [0, 0.05) is 18.7 Å². The zero-order valence-corrected chi connectivity index (χ0v) is 16.1. The molecule has 4 nitrogen and oxygen atoms in total. The molecule has 0 aliphatic carbocycles. The second-order valence-corrected chi connectivity index (χ2v) is 7.45. The van der Waals surface area contributed by atoms with Crippen molar-refractivity contribution in [3.8, 4) is 11.5 Å². The lowest BCUT2D eigenvalue weighted by Crippen LogP contribution is -2.43. The molecule has 1 saturated heterocycles. The number of ether oxygens (including phenoxy) is 2. The number of hydrogen-bond donors (Lipinski definition) is 0. The average Bonchev–Trinajstić information content (AvgIpc) is 2.65. The molecule has 0 amide bonds. The van der Waals surface area contributed by atoms with Gasteiger partial charge >= 0.3 is 0 Å². The summed E-state index contributed by atoms with van der Waals surface area (Å²) in [5.74, 6) is 2.70. The van der Waals surface area contributed by atoms with E-state index in [1.165, 1.54) is 5.56 Å². The summed E-state index contributed by atoms with van der Waals surface area (Å²) in [6.07, 6.45) is 0. The Hall–Kier alpha value is -1.76. The molecule has 1 aliphatic rings. The van der Waals surface area contributed by atoms with E-state index in [4.69, 9.17) is 21.7 Å². The van der Waals surface area contributed by atoms with E-state index in [0.29, 0.717) is 0 Å². The van der Waals surface area contributed by atoms with Crippen LogP contribution >= 0.6 is 24.0 Å². The summed E-state index contributed by atoms with van der Waals surface area (Å²) in [5.41, 5.74) is 2.42. The number of thiocarbonyl (C=S) groups is 1. The molecule has 0 N–H and O–H groups in total. The molecule has 25 heavy (non-hydrogen) atoms. The molecule has 1 aliphatic heterocycles. The van der Waals surface area contributed by atoms with Gasteiger partial charge in [0.25, 0.3) is 0 Å². The Kier molecular flexibility index (Phi) is 6.18. The molecule has 3 rings (SSSR count). The molecule has 1 heterocycles. The van der Waals surface area contributed by atoms with E-state index in [2.05, 4.69) is 28.0 Å². The van der Waals surface area contributed by atoms with Gasteiger partial charge in [0.2, 0.25) is 0 Å². The van der Waals surface area contributed by atoms with Crippen LogP contribution in [0.4, 0.5) is 0 Å². The largest absolute Gasteiger partial charge is 0.497 e. The van der Waals surface area contributed by atoms with Crippen LogP contribution in [0.15, 0.2) is 48.5 Å². The van der Waals surface area contributed by atoms with E-state index in [1.54, 1.807) is 26.0 Å². The second kappa shape index (κ2) is 8.56. The summed E-state index contributed by atoms with van der Waals surface area (Å²) in [4.78, 5) is 4.61. The van der Waals surface area contributed by atoms with Crippen LogP contribution in [0.25, 0.3) is 0 Å². The topological polar surface area (TPSA) is 24.9 Å². The number of benzene rings is 2. The number of thioether (sulfide) groups is 1. The highest BCUT2D eigenvalue weighted by molar-refractivity contribution is 8.22. The first-order valence-corrected chi connectivity index (χ1v) is 9.48. The van der Waals surface area contributed by atoms with Crippen LogP contribution < -0.4 is 9.47 Å². The number of nitrogens with zero attached hydrogens (tertiary/aromatic N) is 2. The van der Waals surface area contributed by atoms with E-state index in [1.807, 2.05) is 30.3 Å². The molecule has 0 aromatic heterocycles. The number of hydrogen-bond acceptors (Lipinski definition) is 5. The highest BCUT2D eigenvalue weighted by Crippen LogP contribution is 2.26. The summed E-state index contributed by atoms with van der Waals surface area (Å²) in [5, 5.41) is 0. The predicted octanol–water partition coefficient (Wildman–Crippen LogP) is 3.95. The molecule has 2 aromatic rings. The van der Waals surface area contributed by atoms with Crippen molar-refractivity contribution < 1.29 is 9.47 Å². The van der Waals surface area contributed by atoms with E-state index in [-0.39, 0.29) is 0 Å². The van der Waals surface area contributed by atoms with Crippen LogP contribution in [-0.4, -0.2) is 40.9 Å². The molecule has 0 spiro atoms. The monoisotopic (exact) mass is 374 g/mol. The predicted molar refractivity (Wildman–Crippen MR) is 107 cm³/mol. The summed E-state index contributed by atoms with van der Waals surface area (Å²) in [7, 11) is 3.39. The Morgan fingerprint density at radius 1 is 1.00 bits per heavy atom. The van der Waals surface area contributed by atoms with Crippen molar-refractivity contribution in [2.24, 2.45) is 0 Å². The standard InChI is InChI=1S/C19H22N2O2S2/c1-22-17-9-7-15(8-10-17)11-20-13-21(19(24)25-14-20)12-16-5-3-4-6-18(16)23-2/h3-10H,11-14H2,1-2H3. The first-order valence-electron chi connectivity index (χ1n) is 8.08. The fraction of sp³-hybridized carbons (Fsp3) is 0.316. The summed E-state index contributed by atoms with van der Waals surface area (Å²) in [6.45, 7) is 2.47. The Morgan fingerprint density at radius 3 is 2.48 bits per heavy atom. The molecule has 0 atom stereocenters. The second-order valence-electron chi connectivity index (χ2n) is 5.87. The number of para-hydroxylation sites is 1. The Labute approximate surface area is 158 Å². The zero-order valence-electron chi connectivity index (χ0n) is 14.5. The minimum atomic E-state index is 0.759. The van der Waals surface area contributed by atoms with Gasteiger partial charge in [-0.25, -0.2) is 0 Å². The lowest BCUT2D eigenvalue weighted by atomic mass is 10.2. The molecule has 0 radical (unpaired) electrons. The molecule has 6 heteroatoms. The summed E-state index contributed by atoms with van der Waals surface area (Å²) >= 11 is 7.27. The van der Waals surface area contributed by atoms with Crippen molar-refractivity contribution in [3.63, 3.8) is 0 Å². The molecular formula is C19H22N2O2S2. The van der Waals surface area contributed by atoms with Crippen LogP contribution in [-0.2, 0) is 13.1 Å². The quantitative estimate of drug-likeness (QED) is 0.710. The fourth-order valence-corrected chi connectivity index (χ4v) is 3.87. The highest BCUT2D eigenvalue weighted by Gasteiger charge is 2.22. The van der Waals surface area contributed by atoms with Gasteiger partial charge in [-0.1, -0.05) is 54.3 Å². The zero-order chi connectivity index (χ0) is 17.6. The highest BCUT2D eigenvalue weighted by atomic mass is 32.2. The first-order chi connectivity index (χ1) is 12.2. The van der Waals surface area contributed by atoms with Gasteiger partial charge in [0.1, 0.15) is 15.8 Å². The number of methoxy groups -OCH3 is 2. The van der Waals surface area contributed by atoms with Gasteiger partial charge < -0.3 is 14.4 Å². The van der Waals surface area contributed by atoms with E-state index in [0.717, 1.165) is 47.0 Å². The van der Waals surface area contributed by atoms with Gasteiger partial charge in [-0.3, -0.25) is 4.90 Å². The van der Waals surface area contributed by atoms with Crippen LogP contribution in [0.2, 0.25) is 0 Å². The van der Waals surface area contributed by atoms with Crippen LogP contribution in [0.3, 0.4) is 0 Å². The lowest BCUT2D eigenvalue weighted by Gasteiger charge is -2.37. The third-order valence-corrected chi connectivity index (χ3v) is 5.73. The van der Waals surface area contributed by atoms with Crippen molar-refractivity contribution >= 4 is 28.3 Å². The van der Waals surface area contributed by atoms with Crippen molar-refractivity contribution in [2.45, 2.75) is 13.1 Å². The van der Waals surface area contributed by atoms with Crippen molar-refractivity contribution in [2.75, 3.05) is 26.8 Å². The van der Waals surface area contributed by atoms with E-state index < -0.39 is 0 Å². The minimum Gasteiger partial charge on any atom is -0.497 e.